The van der Waals surface area contributed by atoms with Gasteiger partial charge in [0, 0.05) is 18.5 Å². The Morgan fingerprint density at radius 1 is 1.47 bits per heavy atom. The summed E-state index contributed by atoms with van der Waals surface area (Å²) in [6.45, 7) is 6.33. The van der Waals surface area contributed by atoms with Gasteiger partial charge in [0.25, 0.3) is 0 Å². The first-order chi connectivity index (χ1) is 8.80. The summed E-state index contributed by atoms with van der Waals surface area (Å²) >= 11 is 0. The predicted molar refractivity (Wildman–Crippen MR) is 76.1 cm³/mol. The van der Waals surface area contributed by atoms with Gasteiger partial charge in [0.15, 0.2) is 0 Å². The Kier molecular flexibility index (Phi) is 5.30. The third-order valence-corrected chi connectivity index (χ3v) is 2.55. The standard InChI is InChI=1S/C14H23N3O2/c1-14(2,3)8-10(15)7-12(18)17-11-5-6-13(19-4)16-9-11/h5-6,9-10H,7-8,15H2,1-4H3,(H,17,18). The highest BCUT2D eigenvalue weighted by Gasteiger charge is 2.18. The lowest BCUT2D eigenvalue weighted by molar-refractivity contribution is -0.116. The van der Waals surface area contributed by atoms with Gasteiger partial charge in [0.1, 0.15) is 0 Å². The molecule has 0 saturated heterocycles. The fourth-order valence-corrected chi connectivity index (χ4v) is 1.88. The molecule has 19 heavy (non-hydrogen) atoms. The van der Waals surface area contributed by atoms with Crippen molar-refractivity contribution in [2.24, 2.45) is 11.1 Å². The highest BCUT2D eigenvalue weighted by atomic mass is 16.5. The molecule has 0 spiro atoms. The van der Waals surface area contributed by atoms with Crippen LogP contribution in [0.15, 0.2) is 18.3 Å². The van der Waals surface area contributed by atoms with Crippen LogP contribution < -0.4 is 15.8 Å². The summed E-state index contributed by atoms with van der Waals surface area (Å²) in [5.41, 5.74) is 6.74. The van der Waals surface area contributed by atoms with Crippen LogP contribution in [-0.4, -0.2) is 24.0 Å². The first-order valence-corrected chi connectivity index (χ1v) is 6.35. The van der Waals surface area contributed by atoms with E-state index in [2.05, 4.69) is 31.1 Å². The van der Waals surface area contributed by atoms with Crippen LogP contribution in [0.5, 0.6) is 5.88 Å². The normalized spacial score (nSPS) is 12.9. The number of nitrogens with zero attached hydrogens (tertiary/aromatic N) is 1. The van der Waals surface area contributed by atoms with Crippen LogP contribution in [0.25, 0.3) is 0 Å². The van der Waals surface area contributed by atoms with Gasteiger partial charge in [-0.1, -0.05) is 20.8 Å². The molecule has 0 radical (unpaired) electrons. The lowest BCUT2D eigenvalue weighted by Crippen LogP contribution is -2.31. The van der Waals surface area contributed by atoms with Crippen molar-refractivity contribution in [2.45, 2.75) is 39.7 Å². The second-order valence-electron chi connectivity index (χ2n) is 5.87. The zero-order chi connectivity index (χ0) is 14.5. The van der Waals surface area contributed by atoms with E-state index in [1.807, 2.05) is 0 Å². The predicted octanol–water partition coefficient (Wildman–Crippen LogP) is 2.18. The first-order valence-electron chi connectivity index (χ1n) is 6.35. The van der Waals surface area contributed by atoms with Crippen LogP contribution in [0.4, 0.5) is 5.69 Å². The topological polar surface area (TPSA) is 77.2 Å². The molecular formula is C14H23N3O2. The molecule has 0 bridgehead atoms. The summed E-state index contributed by atoms with van der Waals surface area (Å²) in [5, 5.41) is 2.77. The minimum atomic E-state index is -0.133. The van der Waals surface area contributed by atoms with Crippen molar-refractivity contribution in [3.63, 3.8) is 0 Å². The number of methoxy groups -OCH3 is 1. The third-order valence-electron chi connectivity index (χ3n) is 2.55. The van der Waals surface area contributed by atoms with Gasteiger partial charge in [-0.25, -0.2) is 4.98 Å². The van der Waals surface area contributed by atoms with E-state index in [0.29, 0.717) is 18.0 Å². The molecule has 0 aromatic carbocycles. The van der Waals surface area contributed by atoms with E-state index in [1.165, 1.54) is 0 Å². The SMILES string of the molecule is COc1ccc(NC(=O)CC(N)CC(C)(C)C)cn1. The van der Waals surface area contributed by atoms with Crippen LogP contribution in [0.3, 0.4) is 0 Å². The maximum atomic E-state index is 11.8. The van der Waals surface area contributed by atoms with Gasteiger partial charge in [-0.15, -0.1) is 0 Å². The molecule has 0 aliphatic carbocycles. The Labute approximate surface area is 114 Å². The molecule has 1 unspecified atom stereocenters. The fourth-order valence-electron chi connectivity index (χ4n) is 1.88. The molecule has 1 amide bonds. The van der Waals surface area contributed by atoms with E-state index in [9.17, 15) is 4.79 Å². The Hall–Kier alpha value is -1.62. The van der Waals surface area contributed by atoms with Crippen LogP contribution in [0.2, 0.25) is 0 Å². The van der Waals surface area contributed by atoms with E-state index in [0.717, 1.165) is 6.42 Å². The zero-order valence-electron chi connectivity index (χ0n) is 12.1. The molecule has 1 rings (SSSR count). The molecule has 0 fully saturated rings. The zero-order valence-corrected chi connectivity index (χ0v) is 12.1. The van der Waals surface area contributed by atoms with E-state index < -0.39 is 0 Å². The number of hydrogen-bond donors (Lipinski definition) is 2. The number of nitrogens with one attached hydrogen (secondary N) is 1. The quantitative estimate of drug-likeness (QED) is 0.855. The maximum absolute atomic E-state index is 11.8. The van der Waals surface area contributed by atoms with Gasteiger partial charge in [-0.2, -0.15) is 0 Å². The molecule has 1 atom stereocenters. The minimum Gasteiger partial charge on any atom is -0.481 e. The number of aromatic nitrogens is 1. The molecule has 1 aromatic rings. The Bertz CT molecular complexity index is 410. The second kappa shape index (κ2) is 6.52. The third kappa shape index (κ3) is 6.20. The highest BCUT2D eigenvalue weighted by molar-refractivity contribution is 5.90. The number of rotatable bonds is 5. The molecule has 0 aliphatic rings. The maximum Gasteiger partial charge on any atom is 0.225 e. The average Bonchev–Trinajstić information content (AvgIpc) is 2.27. The van der Waals surface area contributed by atoms with Crippen molar-refractivity contribution in [1.82, 2.24) is 4.98 Å². The summed E-state index contributed by atoms with van der Waals surface area (Å²) < 4.78 is 4.95. The lowest BCUT2D eigenvalue weighted by atomic mass is 9.87. The summed E-state index contributed by atoms with van der Waals surface area (Å²) in [6, 6.07) is 3.31. The second-order valence-corrected chi connectivity index (χ2v) is 5.87. The van der Waals surface area contributed by atoms with E-state index in [1.54, 1.807) is 25.4 Å². The molecule has 106 valence electrons. The molecule has 5 nitrogen and oxygen atoms in total. The molecular weight excluding hydrogens is 242 g/mol. The van der Waals surface area contributed by atoms with Crippen LogP contribution in [-0.2, 0) is 4.79 Å². The molecule has 3 N–H and O–H groups in total. The van der Waals surface area contributed by atoms with E-state index >= 15 is 0 Å². The first kappa shape index (κ1) is 15.4. The van der Waals surface area contributed by atoms with Gasteiger partial charge >= 0.3 is 0 Å². The van der Waals surface area contributed by atoms with E-state index in [4.69, 9.17) is 10.5 Å². The molecule has 1 aromatic heterocycles. The number of carbonyl (C=O) groups excluding carboxylic acids is 1. The number of nitrogens with two attached hydrogens (primary N) is 1. The summed E-state index contributed by atoms with van der Waals surface area (Å²) in [7, 11) is 1.55. The van der Waals surface area contributed by atoms with E-state index in [-0.39, 0.29) is 17.4 Å². The number of pyridine rings is 1. The smallest absolute Gasteiger partial charge is 0.225 e. The largest absolute Gasteiger partial charge is 0.481 e. The van der Waals surface area contributed by atoms with Crippen molar-refractivity contribution < 1.29 is 9.53 Å². The van der Waals surface area contributed by atoms with Gasteiger partial charge < -0.3 is 15.8 Å². The summed E-state index contributed by atoms with van der Waals surface area (Å²) in [5.74, 6) is 0.422. The van der Waals surface area contributed by atoms with Crippen LogP contribution in [0.1, 0.15) is 33.6 Å². The van der Waals surface area contributed by atoms with Crippen molar-refractivity contribution in [1.29, 1.82) is 0 Å². The van der Waals surface area contributed by atoms with Gasteiger partial charge in [-0.3, -0.25) is 4.79 Å². The molecule has 1 heterocycles. The minimum absolute atomic E-state index is 0.0938. The van der Waals surface area contributed by atoms with Crippen molar-refractivity contribution in [2.75, 3.05) is 12.4 Å². The Morgan fingerprint density at radius 2 is 2.16 bits per heavy atom. The number of hydrogen-bond acceptors (Lipinski definition) is 4. The van der Waals surface area contributed by atoms with Crippen LogP contribution in [0, 0.1) is 5.41 Å². The number of amides is 1. The summed E-state index contributed by atoms with van der Waals surface area (Å²) in [4.78, 5) is 15.8. The number of carbonyl (C=O) groups is 1. The van der Waals surface area contributed by atoms with Crippen molar-refractivity contribution in [3.05, 3.63) is 18.3 Å². The van der Waals surface area contributed by atoms with Gasteiger partial charge in [0.05, 0.1) is 19.0 Å². The van der Waals surface area contributed by atoms with Crippen molar-refractivity contribution in [3.8, 4) is 5.88 Å². The monoisotopic (exact) mass is 265 g/mol. The number of anilines is 1. The van der Waals surface area contributed by atoms with Gasteiger partial charge in [-0.05, 0) is 17.9 Å². The highest BCUT2D eigenvalue weighted by Crippen LogP contribution is 2.21. The average molecular weight is 265 g/mol. The van der Waals surface area contributed by atoms with Crippen molar-refractivity contribution >= 4 is 11.6 Å². The molecule has 5 heteroatoms. The van der Waals surface area contributed by atoms with Gasteiger partial charge in [0.2, 0.25) is 11.8 Å². The van der Waals surface area contributed by atoms with Crippen LogP contribution >= 0.6 is 0 Å². The number of ether oxygens (including phenoxy) is 1. The molecule has 0 aliphatic heterocycles. The Morgan fingerprint density at radius 3 is 2.63 bits per heavy atom. The fraction of sp³-hybridized carbons (Fsp3) is 0.571. The Balaban J connectivity index is 2.46. The molecule has 0 saturated carbocycles. The summed E-state index contributed by atoms with van der Waals surface area (Å²) in [6.07, 6.45) is 2.68. The lowest BCUT2D eigenvalue weighted by Gasteiger charge is -2.22.